The molecular formula is C20H18ClN3O3S2. The number of pyridine rings is 1. The highest BCUT2D eigenvalue weighted by Crippen LogP contribution is 2.27. The Balaban J connectivity index is 1.53. The molecule has 0 aliphatic carbocycles. The molecule has 0 saturated carbocycles. The molecule has 2 N–H and O–H groups in total. The Morgan fingerprint density at radius 2 is 1.97 bits per heavy atom. The van der Waals surface area contributed by atoms with Crippen LogP contribution in [-0.4, -0.2) is 48.0 Å². The van der Waals surface area contributed by atoms with E-state index < -0.39 is 0 Å². The lowest BCUT2D eigenvalue weighted by atomic mass is 10.2. The van der Waals surface area contributed by atoms with Crippen molar-refractivity contribution in [3.05, 3.63) is 62.1 Å². The third-order valence-electron chi connectivity index (χ3n) is 4.69. The number of hydrogen-bond acceptors (Lipinski definition) is 5. The molecule has 9 heteroatoms. The average Bonchev–Trinajstić information content (AvgIpc) is 3.19. The second kappa shape index (κ2) is 8.62. The van der Waals surface area contributed by atoms with Gasteiger partial charge in [0, 0.05) is 36.2 Å². The smallest absolute Gasteiger partial charge is 0.264 e. The fraction of sp³-hybridized carbons (Fsp3) is 0.250. The lowest BCUT2D eigenvalue weighted by Gasteiger charge is -2.26. The van der Waals surface area contributed by atoms with Crippen LogP contribution in [0.25, 0.3) is 10.2 Å². The van der Waals surface area contributed by atoms with Crippen LogP contribution in [0.2, 0.25) is 5.02 Å². The molecule has 3 heterocycles. The maximum Gasteiger partial charge on any atom is 0.264 e. The maximum absolute atomic E-state index is 12.7. The van der Waals surface area contributed by atoms with Gasteiger partial charge in [0.1, 0.15) is 4.83 Å². The van der Waals surface area contributed by atoms with Crippen molar-refractivity contribution in [3.63, 3.8) is 0 Å². The molecule has 29 heavy (non-hydrogen) atoms. The number of aromatic nitrogens is 1. The van der Waals surface area contributed by atoms with E-state index in [1.807, 2.05) is 12.1 Å². The van der Waals surface area contributed by atoms with Crippen molar-refractivity contribution in [2.45, 2.75) is 6.54 Å². The van der Waals surface area contributed by atoms with Gasteiger partial charge in [-0.15, -0.1) is 11.3 Å². The number of hydrogen-bond donors (Lipinski definition) is 2. The number of thiophene rings is 1. The van der Waals surface area contributed by atoms with Gasteiger partial charge in [-0.25, -0.2) is 0 Å². The van der Waals surface area contributed by atoms with E-state index in [0.29, 0.717) is 58.2 Å². The molecule has 2 aromatic heterocycles. The van der Waals surface area contributed by atoms with Crippen LogP contribution in [0.5, 0.6) is 0 Å². The van der Waals surface area contributed by atoms with Crippen molar-refractivity contribution in [2.24, 2.45) is 0 Å². The minimum Gasteiger partial charge on any atom is -0.378 e. The first-order valence-electron chi connectivity index (χ1n) is 9.08. The van der Waals surface area contributed by atoms with Gasteiger partial charge in [0.05, 0.1) is 28.2 Å². The summed E-state index contributed by atoms with van der Waals surface area (Å²) in [6.07, 6.45) is 1.60. The predicted octanol–water partition coefficient (Wildman–Crippen LogP) is 4.01. The van der Waals surface area contributed by atoms with Crippen LogP contribution in [-0.2, 0) is 11.3 Å². The Kier molecular flexibility index (Phi) is 5.96. The number of carbonyl (C=O) groups is 2. The first-order valence-corrected chi connectivity index (χ1v) is 10.7. The molecule has 2 amide bonds. The van der Waals surface area contributed by atoms with E-state index in [-0.39, 0.29) is 11.8 Å². The van der Waals surface area contributed by atoms with Gasteiger partial charge in [-0.05, 0) is 23.8 Å². The topological polar surface area (TPSA) is 74.4 Å². The van der Waals surface area contributed by atoms with Crippen LogP contribution in [0.4, 0.5) is 0 Å². The highest BCUT2D eigenvalue weighted by molar-refractivity contribution is 7.71. The van der Waals surface area contributed by atoms with E-state index >= 15 is 0 Å². The summed E-state index contributed by atoms with van der Waals surface area (Å²) in [7, 11) is 0. The zero-order valence-corrected chi connectivity index (χ0v) is 17.8. The summed E-state index contributed by atoms with van der Waals surface area (Å²) in [5.74, 6) is -0.304. The predicted molar refractivity (Wildman–Crippen MR) is 116 cm³/mol. The van der Waals surface area contributed by atoms with Crippen LogP contribution >= 0.6 is 35.2 Å². The number of fused-ring (bicyclic) bond motifs is 1. The fourth-order valence-electron chi connectivity index (χ4n) is 3.09. The molecule has 0 bridgehead atoms. The molecule has 0 atom stereocenters. The average molecular weight is 448 g/mol. The number of rotatable bonds is 4. The van der Waals surface area contributed by atoms with E-state index in [9.17, 15) is 9.59 Å². The quantitative estimate of drug-likeness (QED) is 0.592. The number of ether oxygens (including phenoxy) is 1. The molecule has 1 saturated heterocycles. The molecule has 0 spiro atoms. The standard InChI is InChI=1S/C20H18ClN3O3S2/c21-13-3-1-12(2-4-13)10-22-18(25)15-11-23-19-14(17(15)28)9-16(29-19)20(26)24-5-7-27-8-6-24/h1-4,9,11H,5-8,10H2,(H,22,25)(H,23,28). The number of nitrogens with zero attached hydrogens (tertiary/aromatic N) is 1. The number of amides is 2. The highest BCUT2D eigenvalue weighted by atomic mass is 35.5. The minimum atomic E-state index is -0.268. The zero-order chi connectivity index (χ0) is 20.4. The van der Waals surface area contributed by atoms with Gasteiger partial charge in [0.25, 0.3) is 11.8 Å². The lowest BCUT2D eigenvalue weighted by molar-refractivity contribution is 0.0306. The minimum absolute atomic E-state index is 0.0361. The number of morpholine rings is 1. The molecule has 1 aromatic carbocycles. The first-order chi connectivity index (χ1) is 14.0. The van der Waals surface area contributed by atoms with Crippen LogP contribution in [0.3, 0.4) is 0 Å². The summed E-state index contributed by atoms with van der Waals surface area (Å²) in [6.45, 7) is 2.62. The van der Waals surface area contributed by atoms with E-state index in [0.717, 1.165) is 10.4 Å². The summed E-state index contributed by atoms with van der Waals surface area (Å²) >= 11 is 12.8. The first kappa shape index (κ1) is 20.0. The van der Waals surface area contributed by atoms with Crippen LogP contribution in [0, 0.1) is 4.51 Å². The molecule has 3 aromatic rings. The molecule has 4 rings (SSSR count). The van der Waals surface area contributed by atoms with Gasteiger partial charge in [-0.2, -0.15) is 0 Å². The summed E-state index contributed by atoms with van der Waals surface area (Å²) in [4.78, 5) is 31.6. The van der Waals surface area contributed by atoms with E-state index in [4.69, 9.17) is 28.6 Å². The second-order valence-corrected chi connectivity index (χ2v) is 8.50. The number of halogens is 1. The number of H-pyrrole nitrogens is 1. The van der Waals surface area contributed by atoms with Crippen molar-refractivity contribution in [3.8, 4) is 0 Å². The molecule has 0 unspecified atom stereocenters. The number of aromatic amines is 1. The summed E-state index contributed by atoms with van der Waals surface area (Å²) in [5, 5.41) is 4.22. The number of nitrogens with one attached hydrogen (secondary N) is 2. The third kappa shape index (κ3) is 4.35. The van der Waals surface area contributed by atoms with Crippen LogP contribution in [0.15, 0.2) is 36.5 Å². The third-order valence-corrected chi connectivity index (χ3v) is 6.44. The fourth-order valence-corrected chi connectivity index (χ4v) is 4.60. The normalized spacial score (nSPS) is 14.2. The Morgan fingerprint density at radius 3 is 2.69 bits per heavy atom. The molecule has 1 fully saturated rings. The lowest BCUT2D eigenvalue weighted by Crippen LogP contribution is -2.40. The van der Waals surface area contributed by atoms with Gasteiger partial charge in [-0.1, -0.05) is 36.0 Å². The molecular weight excluding hydrogens is 430 g/mol. The van der Waals surface area contributed by atoms with Crippen LogP contribution in [0.1, 0.15) is 25.6 Å². The van der Waals surface area contributed by atoms with Crippen molar-refractivity contribution >= 4 is 57.2 Å². The number of carbonyl (C=O) groups excluding carboxylic acids is 2. The van der Waals surface area contributed by atoms with Crippen LogP contribution < -0.4 is 5.32 Å². The van der Waals surface area contributed by atoms with Gasteiger partial charge < -0.3 is 19.9 Å². The van der Waals surface area contributed by atoms with E-state index in [1.165, 1.54) is 11.3 Å². The summed E-state index contributed by atoms with van der Waals surface area (Å²) in [5.41, 5.74) is 1.32. The molecule has 150 valence electrons. The van der Waals surface area contributed by atoms with E-state index in [2.05, 4.69) is 10.3 Å². The molecule has 0 radical (unpaired) electrons. The van der Waals surface area contributed by atoms with Gasteiger partial charge in [0.2, 0.25) is 0 Å². The molecule has 1 aliphatic heterocycles. The van der Waals surface area contributed by atoms with Crippen molar-refractivity contribution < 1.29 is 14.3 Å². The highest BCUT2D eigenvalue weighted by Gasteiger charge is 2.21. The Morgan fingerprint density at radius 1 is 1.24 bits per heavy atom. The largest absolute Gasteiger partial charge is 0.378 e. The van der Waals surface area contributed by atoms with Gasteiger partial charge in [-0.3, -0.25) is 9.59 Å². The second-order valence-electron chi connectivity index (χ2n) is 6.60. The number of benzene rings is 1. The Labute approximate surface area is 181 Å². The Hall–Kier alpha value is -2.26. The SMILES string of the molecule is O=C(NCc1ccc(Cl)cc1)c1c[nH]c2sc(C(=O)N3CCOCC3)cc2c1=S. The monoisotopic (exact) mass is 447 g/mol. The Bertz CT molecular complexity index is 1120. The maximum atomic E-state index is 12.7. The summed E-state index contributed by atoms with van der Waals surface area (Å²) in [6, 6.07) is 9.04. The summed E-state index contributed by atoms with van der Waals surface area (Å²) < 4.78 is 5.74. The van der Waals surface area contributed by atoms with Crippen molar-refractivity contribution in [1.82, 2.24) is 15.2 Å². The van der Waals surface area contributed by atoms with Gasteiger partial charge >= 0.3 is 0 Å². The zero-order valence-electron chi connectivity index (χ0n) is 15.4. The van der Waals surface area contributed by atoms with E-state index in [1.54, 1.807) is 29.3 Å². The van der Waals surface area contributed by atoms with Gasteiger partial charge in [0.15, 0.2) is 0 Å². The van der Waals surface area contributed by atoms with Crippen molar-refractivity contribution in [1.29, 1.82) is 0 Å². The van der Waals surface area contributed by atoms with Crippen molar-refractivity contribution in [2.75, 3.05) is 26.3 Å². The molecule has 6 nitrogen and oxygen atoms in total. The molecule has 1 aliphatic rings.